The molecule has 2 heterocycles. The van der Waals surface area contributed by atoms with Gasteiger partial charge in [0.25, 0.3) is 5.91 Å². The SMILES string of the molecule is COCc1ccc(C(=O)C2C(=O)N(C(N)=O)c3ccc(Cl)cc32)s1. The highest BCUT2D eigenvalue weighted by atomic mass is 35.5. The number of hydrogen-bond acceptors (Lipinski definition) is 5. The number of carbonyl (C=O) groups excluding carboxylic acids is 3. The van der Waals surface area contributed by atoms with Gasteiger partial charge in [0, 0.05) is 17.0 Å². The molecule has 0 spiro atoms. The van der Waals surface area contributed by atoms with Crippen LogP contribution in [0.5, 0.6) is 0 Å². The average Bonchev–Trinajstić information content (AvgIpc) is 3.08. The second kappa shape index (κ2) is 6.35. The number of benzene rings is 1. The Morgan fingerprint density at radius 3 is 2.75 bits per heavy atom. The quantitative estimate of drug-likeness (QED) is 0.667. The first-order chi connectivity index (χ1) is 11.4. The van der Waals surface area contributed by atoms with Crippen molar-refractivity contribution in [1.29, 1.82) is 0 Å². The molecule has 24 heavy (non-hydrogen) atoms. The number of rotatable bonds is 4. The van der Waals surface area contributed by atoms with Crippen molar-refractivity contribution < 1.29 is 19.1 Å². The lowest BCUT2D eigenvalue weighted by Crippen LogP contribution is -2.40. The molecule has 1 aliphatic rings. The molecule has 6 nitrogen and oxygen atoms in total. The molecule has 1 aromatic carbocycles. The minimum Gasteiger partial charge on any atom is -0.379 e. The number of ketones is 1. The van der Waals surface area contributed by atoms with E-state index in [0.29, 0.717) is 27.8 Å². The van der Waals surface area contributed by atoms with Crippen LogP contribution in [0.3, 0.4) is 0 Å². The zero-order chi connectivity index (χ0) is 17.4. The summed E-state index contributed by atoms with van der Waals surface area (Å²) in [6.07, 6.45) is 0. The topological polar surface area (TPSA) is 89.7 Å². The number of primary amides is 1. The van der Waals surface area contributed by atoms with Crippen molar-refractivity contribution in [3.05, 3.63) is 50.7 Å². The van der Waals surface area contributed by atoms with Gasteiger partial charge < -0.3 is 10.5 Å². The number of imide groups is 1. The Morgan fingerprint density at radius 1 is 1.33 bits per heavy atom. The second-order valence-electron chi connectivity index (χ2n) is 5.21. The maximum Gasteiger partial charge on any atom is 0.326 e. The Bertz CT molecular complexity index is 848. The monoisotopic (exact) mass is 364 g/mol. The molecule has 0 aliphatic carbocycles. The zero-order valence-corrected chi connectivity index (χ0v) is 14.2. The molecular weight excluding hydrogens is 352 g/mol. The fraction of sp³-hybridized carbons (Fsp3) is 0.188. The first-order valence-corrected chi connectivity index (χ1v) is 8.18. The summed E-state index contributed by atoms with van der Waals surface area (Å²) in [7, 11) is 1.56. The predicted octanol–water partition coefficient (Wildman–Crippen LogP) is 2.94. The van der Waals surface area contributed by atoms with E-state index in [2.05, 4.69) is 0 Å². The van der Waals surface area contributed by atoms with Gasteiger partial charge >= 0.3 is 6.03 Å². The van der Waals surface area contributed by atoms with Gasteiger partial charge in [-0.05, 0) is 35.9 Å². The van der Waals surface area contributed by atoms with E-state index in [-0.39, 0.29) is 5.78 Å². The molecule has 1 aliphatic heterocycles. The number of carbonyl (C=O) groups is 3. The van der Waals surface area contributed by atoms with Crippen LogP contribution in [0.1, 0.15) is 26.0 Å². The third-order valence-electron chi connectivity index (χ3n) is 3.68. The Morgan fingerprint density at radius 2 is 2.08 bits per heavy atom. The molecule has 3 amide bonds. The molecule has 0 fully saturated rings. The van der Waals surface area contributed by atoms with Crippen molar-refractivity contribution in [2.75, 3.05) is 12.0 Å². The number of urea groups is 1. The number of nitrogens with two attached hydrogens (primary N) is 1. The van der Waals surface area contributed by atoms with Crippen molar-refractivity contribution in [1.82, 2.24) is 0 Å². The zero-order valence-electron chi connectivity index (χ0n) is 12.6. The Labute approximate surface area is 146 Å². The van der Waals surface area contributed by atoms with Crippen LogP contribution in [-0.2, 0) is 16.1 Å². The Hall–Kier alpha value is -2.22. The lowest BCUT2D eigenvalue weighted by atomic mass is 9.95. The molecule has 8 heteroatoms. The Balaban J connectivity index is 2.03. The normalized spacial score (nSPS) is 16.3. The lowest BCUT2D eigenvalue weighted by molar-refractivity contribution is -0.117. The van der Waals surface area contributed by atoms with E-state index >= 15 is 0 Å². The number of amides is 3. The van der Waals surface area contributed by atoms with Gasteiger partial charge in [0.15, 0.2) is 5.78 Å². The highest BCUT2D eigenvalue weighted by Gasteiger charge is 2.44. The maximum atomic E-state index is 12.8. The maximum absolute atomic E-state index is 12.8. The van der Waals surface area contributed by atoms with Gasteiger partial charge in [-0.3, -0.25) is 9.59 Å². The fourth-order valence-corrected chi connectivity index (χ4v) is 3.82. The first kappa shape index (κ1) is 16.6. The van der Waals surface area contributed by atoms with E-state index < -0.39 is 17.9 Å². The van der Waals surface area contributed by atoms with Gasteiger partial charge in [0.05, 0.1) is 17.2 Å². The molecule has 0 radical (unpaired) electrons. The number of nitrogens with zero attached hydrogens (tertiary/aromatic N) is 1. The minimum atomic E-state index is -1.12. The number of fused-ring (bicyclic) bond motifs is 1. The Kier molecular flexibility index (Phi) is 4.40. The molecule has 0 bridgehead atoms. The second-order valence-corrected chi connectivity index (χ2v) is 6.82. The predicted molar refractivity (Wildman–Crippen MR) is 90.6 cm³/mol. The van der Waals surface area contributed by atoms with Crippen LogP contribution in [0.4, 0.5) is 10.5 Å². The number of thiophene rings is 1. The number of ether oxygens (including phenoxy) is 1. The third-order valence-corrected chi connectivity index (χ3v) is 4.99. The standard InChI is InChI=1S/C16H13ClN2O4S/c1-23-7-9-3-5-12(24-9)14(20)13-10-6-8(17)2-4-11(10)19(15(13)21)16(18)22/h2-6,13H,7H2,1H3,(H2,18,22). The van der Waals surface area contributed by atoms with Crippen molar-refractivity contribution in [2.45, 2.75) is 12.5 Å². The van der Waals surface area contributed by atoms with E-state index in [1.54, 1.807) is 19.2 Å². The summed E-state index contributed by atoms with van der Waals surface area (Å²) < 4.78 is 5.03. The van der Waals surface area contributed by atoms with Crippen LogP contribution in [-0.4, -0.2) is 24.8 Å². The number of Topliss-reactive ketones (excluding diaryl/α,β-unsaturated/α-hetero) is 1. The highest BCUT2D eigenvalue weighted by molar-refractivity contribution is 7.14. The summed E-state index contributed by atoms with van der Waals surface area (Å²) in [5.41, 5.74) is 5.98. The van der Waals surface area contributed by atoms with E-state index in [1.807, 2.05) is 0 Å². The summed E-state index contributed by atoms with van der Waals surface area (Å²) in [5.74, 6) is -2.17. The van der Waals surface area contributed by atoms with Gasteiger partial charge in [-0.1, -0.05) is 11.6 Å². The van der Waals surface area contributed by atoms with Gasteiger partial charge in [0.2, 0.25) is 0 Å². The number of halogens is 1. The average molecular weight is 365 g/mol. The minimum absolute atomic E-state index is 0.295. The van der Waals surface area contributed by atoms with Gasteiger partial charge in [-0.2, -0.15) is 0 Å². The lowest BCUT2D eigenvalue weighted by Gasteiger charge is -2.12. The van der Waals surface area contributed by atoms with Crippen LogP contribution < -0.4 is 10.6 Å². The largest absolute Gasteiger partial charge is 0.379 e. The van der Waals surface area contributed by atoms with E-state index in [1.165, 1.54) is 29.5 Å². The molecule has 0 saturated carbocycles. The summed E-state index contributed by atoms with van der Waals surface area (Å²) in [5, 5.41) is 0.372. The van der Waals surface area contributed by atoms with Gasteiger partial charge in [-0.15, -0.1) is 11.3 Å². The van der Waals surface area contributed by atoms with Crippen LogP contribution in [0.15, 0.2) is 30.3 Å². The van der Waals surface area contributed by atoms with Gasteiger partial charge in [0.1, 0.15) is 5.92 Å². The number of hydrogen-bond donors (Lipinski definition) is 1. The molecule has 2 N–H and O–H groups in total. The summed E-state index contributed by atoms with van der Waals surface area (Å²) in [6.45, 7) is 0.381. The van der Waals surface area contributed by atoms with Crippen molar-refractivity contribution in [2.24, 2.45) is 5.73 Å². The molecule has 1 aromatic heterocycles. The highest BCUT2D eigenvalue weighted by Crippen LogP contribution is 2.41. The van der Waals surface area contributed by atoms with Crippen LogP contribution >= 0.6 is 22.9 Å². The van der Waals surface area contributed by atoms with E-state index in [0.717, 1.165) is 9.78 Å². The summed E-state index contributed by atoms with van der Waals surface area (Å²) in [6, 6.07) is 7.06. The van der Waals surface area contributed by atoms with Gasteiger partial charge in [-0.25, -0.2) is 9.69 Å². The summed E-state index contributed by atoms with van der Waals surface area (Å²) >= 11 is 7.24. The first-order valence-electron chi connectivity index (χ1n) is 6.98. The van der Waals surface area contributed by atoms with Crippen molar-refractivity contribution in [3.8, 4) is 0 Å². The molecule has 1 unspecified atom stereocenters. The fourth-order valence-electron chi connectivity index (χ4n) is 2.69. The van der Waals surface area contributed by atoms with Crippen molar-refractivity contribution >= 4 is 46.3 Å². The molecule has 0 saturated heterocycles. The van der Waals surface area contributed by atoms with Crippen LogP contribution in [0.25, 0.3) is 0 Å². The number of methoxy groups -OCH3 is 1. The molecule has 3 rings (SSSR count). The number of anilines is 1. The molecule has 124 valence electrons. The van der Waals surface area contributed by atoms with Crippen molar-refractivity contribution in [3.63, 3.8) is 0 Å². The summed E-state index contributed by atoms with van der Waals surface area (Å²) in [4.78, 5) is 39.2. The van der Waals surface area contributed by atoms with Crippen LogP contribution in [0.2, 0.25) is 5.02 Å². The van der Waals surface area contributed by atoms with E-state index in [4.69, 9.17) is 22.1 Å². The molecule has 1 atom stereocenters. The van der Waals surface area contributed by atoms with Crippen LogP contribution in [0, 0.1) is 0 Å². The molecular formula is C16H13ClN2O4S. The molecule has 2 aromatic rings. The smallest absolute Gasteiger partial charge is 0.326 e. The van der Waals surface area contributed by atoms with E-state index in [9.17, 15) is 14.4 Å². The third kappa shape index (κ3) is 2.71.